The molecule has 1 aromatic carbocycles. The summed E-state index contributed by atoms with van der Waals surface area (Å²) < 4.78 is 0. The molecule has 16 heavy (non-hydrogen) atoms. The van der Waals surface area contributed by atoms with E-state index in [2.05, 4.69) is 31.7 Å². The van der Waals surface area contributed by atoms with E-state index in [0.717, 1.165) is 17.7 Å². The first-order valence-electron chi connectivity index (χ1n) is 5.77. The minimum absolute atomic E-state index is 0.712. The Labute approximate surface area is 104 Å². The van der Waals surface area contributed by atoms with Crippen LogP contribution in [0.15, 0.2) is 18.2 Å². The maximum atomic E-state index is 8.89. The van der Waals surface area contributed by atoms with Crippen LogP contribution in [0.1, 0.15) is 36.5 Å². The summed E-state index contributed by atoms with van der Waals surface area (Å²) in [4.78, 5) is 0. The molecule has 0 aromatic heterocycles. The van der Waals surface area contributed by atoms with Crippen LogP contribution in [-0.2, 0) is 6.42 Å². The van der Waals surface area contributed by atoms with E-state index in [4.69, 9.17) is 5.26 Å². The van der Waals surface area contributed by atoms with Crippen LogP contribution in [0.5, 0.6) is 0 Å². The van der Waals surface area contributed by atoms with Gasteiger partial charge in [-0.3, -0.25) is 0 Å². The van der Waals surface area contributed by atoms with E-state index in [1.54, 1.807) is 0 Å². The van der Waals surface area contributed by atoms with E-state index in [1.807, 2.05) is 19.1 Å². The molecule has 0 fully saturated rings. The molecule has 1 atom stereocenters. The SMILES string of the molecule is Cc1cc(C#N)cc(CCC(C)CCS)c1. The van der Waals surface area contributed by atoms with Crippen LogP contribution >= 0.6 is 12.6 Å². The van der Waals surface area contributed by atoms with Gasteiger partial charge in [-0.15, -0.1) is 0 Å². The van der Waals surface area contributed by atoms with Crippen molar-refractivity contribution in [3.8, 4) is 6.07 Å². The molecule has 0 bridgehead atoms. The second-order valence-corrected chi connectivity index (χ2v) is 4.92. The van der Waals surface area contributed by atoms with Crippen LogP contribution in [0, 0.1) is 24.2 Å². The summed E-state index contributed by atoms with van der Waals surface area (Å²) in [5.41, 5.74) is 3.23. The van der Waals surface area contributed by atoms with Crippen molar-refractivity contribution in [3.05, 3.63) is 34.9 Å². The molecule has 1 unspecified atom stereocenters. The van der Waals surface area contributed by atoms with Gasteiger partial charge >= 0.3 is 0 Å². The van der Waals surface area contributed by atoms with Crippen molar-refractivity contribution in [1.82, 2.24) is 0 Å². The predicted molar refractivity (Wildman–Crippen MR) is 71.8 cm³/mol. The zero-order valence-electron chi connectivity index (χ0n) is 10.0. The number of aryl methyl sites for hydroxylation is 2. The third-order valence-corrected chi connectivity index (χ3v) is 3.07. The molecule has 1 nitrogen and oxygen atoms in total. The average Bonchev–Trinajstić information content (AvgIpc) is 2.26. The van der Waals surface area contributed by atoms with Crippen LogP contribution in [0.2, 0.25) is 0 Å². The molecule has 1 aromatic rings. The largest absolute Gasteiger partial charge is 0.192 e. The number of rotatable bonds is 5. The van der Waals surface area contributed by atoms with Gasteiger partial charge in [-0.2, -0.15) is 17.9 Å². The first-order chi connectivity index (χ1) is 7.65. The Bertz CT molecular complexity index is 379. The number of benzene rings is 1. The minimum Gasteiger partial charge on any atom is -0.192 e. The predicted octanol–water partition coefficient (Wildman–Crippen LogP) is 3.76. The Morgan fingerprint density at radius 3 is 2.69 bits per heavy atom. The molecule has 0 saturated carbocycles. The number of thiol groups is 1. The highest BCUT2D eigenvalue weighted by molar-refractivity contribution is 7.80. The van der Waals surface area contributed by atoms with Crippen molar-refractivity contribution >= 4 is 12.6 Å². The third-order valence-electron chi connectivity index (χ3n) is 2.81. The molecule has 0 radical (unpaired) electrons. The van der Waals surface area contributed by atoms with Crippen molar-refractivity contribution < 1.29 is 0 Å². The van der Waals surface area contributed by atoms with Crippen LogP contribution < -0.4 is 0 Å². The van der Waals surface area contributed by atoms with Gasteiger partial charge in [0.05, 0.1) is 11.6 Å². The van der Waals surface area contributed by atoms with Crippen molar-refractivity contribution in [1.29, 1.82) is 5.26 Å². The molecular formula is C14H19NS. The van der Waals surface area contributed by atoms with E-state index >= 15 is 0 Å². The van der Waals surface area contributed by atoms with E-state index in [9.17, 15) is 0 Å². The van der Waals surface area contributed by atoms with Gasteiger partial charge in [-0.1, -0.05) is 13.0 Å². The maximum absolute atomic E-state index is 8.89. The Hall–Kier alpha value is -0.940. The van der Waals surface area contributed by atoms with Crippen molar-refractivity contribution in [2.75, 3.05) is 5.75 Å². The number of nitrogens with zero attached hydrogens (tertiary/aromatic N) is 1. The molecular weight excluding hydrogens is 214 g/mol. The van der Waals surface area contributed by atoms with Gasteiger partial charge in [0.25, 0.3) is 0 Å². The van der Waals surface area contributed by atoms with Gasteiger partial charge in [-0.25, -0.2) is 0 Å². The number of hydrogen-bond acceptors (Lipinski definition) is 2. The molecule has 0 amide bonds. The van der Waals surface area contributed by atoms with Crippen molar-refractivity contribution in [3.63, 3.8) is 0 Å². The van der Waals surface area contributed by atoms with E-state index in [0.29, 0.717) is 5.92 Å². The summed E-state index contributed by atoms with van der Waals surface area (Å²) in [6, 6.07) is 8.32. The molecule has 1 rings (SSSR count). The lowest BCUT2D eigenvalue weighted by Crippen LogP contribution is -1.99. The Balaban J connectivity index is 2.60. The summed E-state index contributed by atoms with van der Waals surface area (Å²) in [6.45, 7) is 4.30. The highest BCUT2D eigenvalue weighted by Crippen LogP contribution is 2.15. The average molecular weight is 233 g/mol. The van der Waals surface area contributed by atoms with Crippen molar-refractivity contribution in [2.45, 2.75) is 33.1 Å². The van der Waals surface area contributed by atoms with Crippen molar-refractivity contribution in [2.24, 2.45) is 5.92 Å². The van der Waals surface area contributed by atoms with Crippen LogP contribution in [0.25, 0.3) is 0 Å². The molecule has 0 N–H and O–H groups in total. The summed E-state index contributed by atoms with van der Waals surface area (Å²) in [5, 5.41) is 8.89. The second-order valence-electron chi connectivity index (χ2n) is 4.48. The molecule has 2 heteroatoms. The smallest absolute Gasteiger partial charge is 0.0991 e. The van der Waals surface area contributed by atoms with Crippen LogP contribution in [0.4, 0.5) is 0 Å². The minimum atomic E-state index is 0.712. The van der Waals surface area contributed by atoms with E-state index in [-0.39, 0.29) is 0 Å². The third kappa shape index (κ3) is 4.28. The highest BCUT2D eigenvalue weighted by Gasteiger charge is 2.03. The van der Waals surface area contributed by atoms with E-state index in [1.165, 1.54) is 24.0 Å². The fourth-order valence-corrected chi connectivity index (χ4v) is 2.29. The zero-order chi connectivity index (χ0) is 12.0. The normalized spacial score (nSPS) is 12.1. The molecule has 0 aliphatic heterocycles. The first-order valence-corrected chi connectivity index (χ1v) is 6.40. The number of hydrogen-bond donors (Lipinski definition) is 1. The highest BCUT2D eigenvalue weighted by atomic mass is 32.1. The Morgan fingerprint density at radius 2 is 2.06 bits per heavy atom. The second kappa shape index (κ2) is 6.60. The molecule has 0 aliphatic carbocycles. The van der Waals surface area contributed by atoms with Crippen LogP contribution in [0.3, 0.4) is 0 Å². The summed E-state index contributed by atoms with van der Waals surface area (Å²) in [5.74, 6) is 1.67. The molecule has 0 aliphatic rings. The Kier molecular flexibility index (Phi) is 5.42. The summed E-state index contributed by atoms with van der Waals surface area (Å²) in [7, 11) is 0. The zero-order valence-corrected chi connectivity index (χ0v) is 10.9. The van der Waals surface area contributed by atoms with Gasteiger partial charge in [0.2, 0.25) is 0 Å². The lowest BCUT2D eigenvalue weighted by Gasteiger charge is -2.10. The standard InChI is InChI=1S/C14H19NS/c1-11(5-6-16)3-4-13-7-12(2)8-14(9-13)10-15/h7-9,11,16H,3-6H2,1-2H3. The first kappa shape index (κ1) is 13.1. The monoisotopic (exact) mass is 233 g/mol. The fourth-order valence-electron chi connectivity index (χ4n) is 1.85. The number of nitriles is 1. The van der Waals surface area contributed by atoms with Crippen LogP contribution in [-0.4, -0.2) is 5.75 Å². The van der Waals surface area contributed by atoms with Gasteiger partial charge in [0.1, 0.15) is 0 Å². The summed E-state index contributed by atoms with van der Waals surface area (Å²) >= 11 is 4.24. The maximum Gasteiger partial charge on any atom is 0.0991 e. The quantitative estimate of drug-likeness (QED) is 0.769. The fraction of sp³-hybridized carbons (Fsp3) is 0.500. The molecule has 86 valence electrons. The topological polar surface area (TPSA) is 23.8 Å². The van der Waals surface area contributed by atoms with Gasteiger partial charge in [0.15, 0.2) is 0 Å². The van der Waals surface area contributed by atoms with E-state index < -0.39 is 0 Å². The molecule has 0 heterocycles. The lowest BCUT2D eigenvalue weighted by atomic mass is 9.97. The Morgan fingerprint density at radius 1 is 1.31 bits per heavy atom. The molecule has 0 spiro atoms. The van der Waals surface area contributed by atoms with Gasteiger partial charge in [0, 0.05) is 0 Å². The lowest BCUT2D eigenvalue weighted by molar-refractivity contribution is 0.521. The summed E-state index contributed by atoms with van der Waals surface area (Å²) in [6.07, 6.45) is 3.40. The molecule has 0 saturated heterocycles. The van der Waals surface area contributed by atoms with Gasteiger partial charge < -0.3 is 0 Å². The van der Waals surface area contributed by atoms with Gasteiger partial charge in [-0.05, 0) is 61.1 Å².